The van der Waals surface area contributed by atoms with Crippen molar-refractivity contribution in [3.8, 4) is 0 Å². The molecule has 1 saturated heterocycles. The zero-order valence-corrected chi connectivity index (χ0v) is 15.2. The maximum absolute atomic E-state index is 13.6. The number of Topliss-reactive ketones (excluding diaryl/α,β-unsaturated/α-hetero) is 1. The lowest BCUT2D eigenvalue weighted by atomic mass is 9.90. The minimum Gasteiger partial charge on any atom is -0.369 e. The second kappa shape index (κ2) is 7.37. The first-order valence-corrected chi connectivity index (χ1v) is 9.44. The first-order chi connectivity index (χ1) is 13.1. The molecule has 0 aliphatic carbocycles. The predicted octanol–water partition coefficient (Wildman–Crippen LogP) is 1.87. The molecule has 4 N–H and O–H groups in total. The van der Waals surface area contributed by atoms with E-state index in [-0.39, 0.29) is 23.7 Å². The fraction of sp³-hybridized carbons (Fsp3) is 0.273. The first kappa shape index (κ1) is 17.5. The maximum atomic E-state index is 13.6. The lowest BCUT2D eigenvalue weighted by Crippen LogP contribution is -3.14. The number of benzene rings is 2. The van der Waals surface area contributed by atoms with E-state index in [4.69, 9.17) is 5.73 Å². The van der Waals surface area contributed by atoms with E-state index in [0.29, 0.717) is 0 Å². The third-order valence-electron chi connectivity index (χ3n) is 5.69. The Morgan fingerprint density at radius 2 is 1.67 bits per heavy atom. The molecule has 2 heterocycles. The molecule has 5 nitrogen and oxygen atoms in total. The smallest absolute Gasteiger partial charge is 0.226 e. The number of fused-ring (bicyclic) bond motifs is 1. The van der Waals surface area contributed by atoms with Gasteiger partial charge in [0.2, 0.25) is 11.7 Å². The van der Waals surface area contributed by atoms with Gasteiger partial charge < -0.3 is 15.6 Å². The highest BCUT2D eigenvalue weighted by molar-refractivity contribution is 6.10. The molecule has 5 heteroatoms. The summed E-state index contributed by atoms with van der Waals surface area (Å²) >= 11 is 0. The van der Waals surface area contributed by atoms with Crippen molar-refractivity contribution in [3.05, 3.63) is 71.9 Å². The van der Waals surface area contributed by atoms with Gasteiger partial charge in [-0.2, -0.15) is 0 Å². The van der Waals surface area contributed by atoms with Crippen LogP contribution in [0.3, 0.4) is 0 Å². The normalized spacial score (nSPS) is 21.0. The standard InChI is InChI=1S/C22H23N3O2/c23-22(27)16-10-12-25(13-11-16)20(15-6-2-1-3-7-15)21(26)18-14-24-19-9-5-4-8-17(18)19/h1-9,14,16,20,24H,10-13H2,(H2,23,27)/p+1/t20-/m0/s1. The van der Waals surface area contributed by atoms with E-state index >= 15 is 0 Å². The summed E-state index contributed by atoms with van der Waals surface area (Å²) in [4.78, 5) is 29.5. The van der Waals surface area contributed by atoms with Crippen LogP contribution in [0.5, 0.6) is 0 Å². The number of piperidine rings is 1. The molecular weight excluding hydrogens is 338 g/mol. The Bertz CT molecular complexity index is 956. The third-order valence-corrected chi connectivity index (χ3v) is 5.69. The number of rotatable bonds is 5. The van der Waals surface area contributed by atoms with Crippen LogP contribution in [0, 0.1) is 5.92 Å². The van der Waals surface area contributed by atoms with Crippen LogP contribution in [0.2, 0.25) is 0 Å². The van der Waals surface area contributed by atoms with Gasteiger partial charge in [-0.05, 0) is 6.07 Å². The summed E-state index contributed by atoms with van der Waals surface area (Å²) in [6.07, 6.45) is 3.28. The predicted molar refractivity (Wildman–Crippen MR) is 104 cm³/mol. The number of H-pyrrole nitrogens is 1. The van der Waals surface area contributed by atoms with Gasteiger partial charge in [0.15, 0.2) is 6.04 Å². The minimum absolute atomic E-state index is 0.0756. The molecule has 1 fully saturated rings. The molecule has 27 heavy (non-hydrogen) atoms. The highest BCUT2D eigenvalue weighted by Crippen LogP contribution is 2.24. The number of hydrogen-bond donors (Lipinski definition) is 3. The molecule has 4 rings (SSSR count). The molecular formula is C22H24N3O2+. The second-order valence-electron chi connectivity index (χ2n) is 7.29. The van der Waals surface area contributed by atoms with Gasteiger partial charge in [-0.1, -0.05) is 48.5 Å². The molecule has 1 aliphatic heterocycles. The fourth-order valence-electron chi connectivity index (χ4n) is 4.21. The van der Waals surface area contributed by atoms with E-state index in [2.05, 4.69) is 4.98 Å². The Morgan fingerprint density at radius 1 is 1.00 bits per heavy atom. The molecule has 0 unspecified atom stereocenters. The van der Waals surface area contributed by atoms with Crippen LogP contribution in [0.1, 0.15) is 34.8 Å². The number of para-hydroxylation sites is 1. The van der Waals surface area contributed by atoms with Crippen molar-refractivity contribution in [1.82, 2.24) is 4.98 Å². The van der Waals surface area contributed by atoms with Gasteiger partial charge in [0.05, 0.1) is 13.1 Å². The number of nitrogens with two attached hydrogens (primary N) is 1. The van der Waals surface area contributed by atoms with Crippen molar-refractivity contribution >= 4 is 22.6 Å². The Labute approximate surface area is 158 Å². The average Bonchev–Trinajstić information content (AvgIpc) is 3.13. The van der Waals surface area contributed by atoms with Gasteiger partial charge in [0, 0.05) is 47.0 Å². The molecule has 1 aromatic heterocycles. The summed E-state index contributed by atoms with van der Waals surface area (Å²) in [5, 5.41) is 0.954. The lowest BCUT2D eigenvalue weighted by Gasteiger charge is -2.33. The number of likely N-dealkylation sites (tertiary alicyclic amines) is 1. The Morgan fingerprint density at radius 3 is 2.37 bits per heavy atom. The summed E-state index contributed by atoms with van der Waals surface area (Å²) in [7, 11) is 0. The maximum Gasteiger partial charge on any atom is 0.226 e. The number of ketones is 1. The number of nitrogens with one attached hydrogen (secondary N) is 2. The van der Waals surface area contributed by atoms with Gasteiger partial charge in [-0.15, -0.1) is 0 Å². The Balaban J connectivity index is 1.69. The average molecular weight is 362 g/mol. The van der Waals surface area contributed by atoms with Crippen molar-refractivity contribution < 1.29 is 14.5 Å². The molecule has 1 aliphatic rings. The zero-order valence-electron chi connectivity index (χ0n) is 15.2. The molecule has 1 atom stereocenters. The Kier molecular flexibility index (Phi) is 4.77. The molecule has 0 radical (unpaired) electrons. The van der Waals surface area contributed by atoms with Crippen LogP contribution in [0.25, 0.3) is 10.9 Å². The highest BCUT2D eigenvalue weighted by Gasteiger charge is 2.37. The van der Waals surface area contributed by atoms with Crippen LogP contribution < -0.4 is 10.6 Å². The van der Waals surface area contributed by atoms with E-state index < -0.39 is 0 Å². The van der Waals surface area contributed by atoms with E-state index in [1.165, 1.54) is 4.90 Å². The van der Waals surface area contributed by atoms with Gasteiger partial charge in [0.25, 0.3) is 0 Å². The monoisotopic (exact) mass is 362 g/mol. The fourth-order valence-corrected chi connectivity index (χ4v) is 4.21. The molecule has 0 spiro atoms. The summed E-state index contributed by atoms with van der Waals surface area (Å²) in [5.74, 6) is -0.187. The molecule has 0 saturated carbocycles. The quantitative estimate of drug-likeness (QED) is 0.606. The van der Waals surface area contributed by atoms with Crippen LogP contribution in [0.15, 0.2) is 60.8 Å². The number of carbonyl (C=O) groups excluding carboxylic acids is 2. The summed E-state index contributed by atoms with van der Waals surface area (Å²) < 4.78 is 0. The summed E-state index contributed by atoms with van der Waals surface area (Å²) in [5.41, 5.74) is 8.19. The van der Waals surface area contributed by atoms with Crippen molar-refractivity contribution in [2.45, 2.75) is 18.9 Å². The number of carbonyl (C=O) groups is 2. The van der Waals surface area contributed by atoms with Crippen molar-refractivity contribution in [2.24, 2.45) is 11.7 Å². The molecule has 1 amide bonds. The topological polar surface area (TPSA) is 80.4 Å². The first-order valence-electron chi connectivity index (χ1n) is 9.44. The molecule has 2 aromatic carbocycles. The molecule has 138 valence electrons. The second-order valence-corrected chi connectivity index (χ2v) is 7.29. The molecule has 0 bridgehead atoms. The van der Waals surface area contributed by atoms with Crippen LogP contribution in [-0.4, -0.2) is 29.8 Å². The largest absolute Gasteiger partial charge is 0.369 e. The number of aromatic nitrogens is 1. The van der Waals surface area contributed by atoms with Crippen LogP contribution in [-0.2, 0) is 4.79 Å². The SMILES string of the molecule is NC(=O)C1CC[NH+]([C@H](C(=O)c2c[nH]c3ccccc23)c2ccccc2)CC1. The van der Waals surface area contributed by atoms with Gasteiger partial charge in [-0.25, -0.2) is 0 Å². The van der Waals surface area contributed by atoms with E-state index in [9.17, 15) is 9.59 Å². The molecule has 3 aromatic rings. The number of amides is 1. The van der Waals surface area contributed by atoms with Crippen molar-refractivity contribution in [3.63, 3.8) is 0 Å². The van der Waals surface area contributed by atoms with E-state index in [0.717, 1.165) is 48.0 Å². The third kappa shape index (κ3) is 3.38. The lowest BCUT2D eigenvalue weighted by molar-refractivity contribution is -0.926. The van der Waals surface area contributed by atoms with Crippen molar-refractivity contribution in [2.75, 3.05) is 13.1 Å². The minimum atomic E-state index is -0.278. The van der Waals surface area contributed by atoms with Gasteiger partial charge in [0.1, 0.15) is 0 Å². The van der Waals surface area contributed by atoms with Gasteiger partial charge in [-0.3, -0.25) is 9.59 Å². The van der Waals surface area contributed by atoms with Crippen LogP contribution in [0.4, 0.5) is 0 Å². The Hall–Kier alpha value is -2.92. The summed E-state index contributed by atoms with van der Waals surface area (Å²) in [6.45, 7) is 1.53. The van der Waals surface area contributed by atoms with E-state index in [1.54, 1.807) is 0 Å². The van der Waals surface area contributed by atoms with Gasteiger partial charge >= 0.3 is 0 Å². The number of hydrogen-bond acceptors (Lipinski definition) is 2. The van der Waals surface area contributed by atoms with Crippen LogP contribution >= 0.6 is 0 Å². The number of primary amides is 1. The number of quaternary nitrogens is 1. The summed E-state index contributed by atoms with van der Waals surface area (Å²) in [6, 6.07) is 17.5. The zero-order chi connectivity index (χ0) is 18.8. The van der Waals surface area contributed by atoms with Crippen molar-refractivity contribution in [1.29, 1.82) is 0 Å². The highest BCUT2D eigenvalue weighted by atomic mass is 16.1. The van der Waals surface area contributed by atoms with E-state index in [1.807, 2.05) is 60.8 Å². The number of aromatic amines is 1.